The minimum absolute atomic E-state index is 0.0831. The molecule has 0 aliphatic heterocycles. The minimum Gasteiger partial charge on any atom is -0.469 e. The Morgan fingerprint density at radius 1 is 1.44 bits per heavy atom. The molecule has 4 heteroatoms. The fourth-order valence-electron chi connectivity index (χ4n) is 1.34. The van der Waals surface area contributed by atoms with Crippen molar-refractivity contribution in [2.45, 2.75) is 32.7 Å². The van der Waals surface area contributed by atoms with Gasteiger partial charge in [-0.2, -0.15) is 0 Å². The van der Waals surface area contributed by atoms with E-state index in [2.05, 4.69) is 24.5 Å². The van der Waals surface area contributed by atoms with Crippen molar-refractivity contribution in [2.75, 3.05) is 13.1 Å². The van der Waals surface area contributed by atoms with Crippen molar-refractivity contribution in [3.8, 4) is 0 Å². The van der Waals surface area contributed by atoms with Crippen molar-refractivity contribution < 1.29 is 9.21 Å². The summed E-state index contributed by atoms with van der Waals surface area (Å²) in [6.45, 7) is 5.49. The summed E-state index contributed by atoms with van der Waals surface area (Å²) in [5.74, 6) is 0.986. The number of hydrogen-bond donors (Lipinski definition) is 2. The highest BCUT2D eigenvalue weighted by Crippen LogP contribution is 1.99. The Balaban J connectivity index is 2.02. The van der Waals surface area contributed by atoms with Crippen molar-refractivity contribution >= 4 is 5.91 Å². The molecule has 0 unspecified atom stereocenters. The standard InChI is InChI=1S/C12H20N2O2/c1-10(2)13-8-6-12(15)14-7-5-11-4-3-9-16-11/h3-4,9-10,13H,5-8H2,1-2H3,(H,14,15). The SMILES string of the molecule is CC(C)NCCC(=O)NCCc1ccco1. The normalized spacial score (nSPS) is 10.7. The fourth-order valence-corrected chi connectivity index (χ4v) is 1.34. The van der Waals surface area contributed by atoms with Gasteiger partial charge in [0.15, 0.2) is 0 Å². The third kappa shape index (κ3) is 5.56. The van der Waals surface area contributed by atoms with Crippen LogP contribution in [-0.4, -0.2) is 25.0 Å². The van der Waals surface area contributed by atoms with E-state index in [1.165, 1.54) is 0 Å². The van der Waals surface area contributed by atoms with Crippen LogP contribution < -0.4 is 10.6 Å². The predicted octanol–water partition coefficient (Wildman–Crippen LogP) is 1.33. The summed E-state index contributed by atoms with van der Waals surface area (Å²) >= 11 is 0. The van der Waals surface area contributed by atoms with Crippen molar-refractivity contribution in [3.63, 3.8) is 0 Å². The maximum Gasteiger partial charge on any atom is 0.221 e. The van der Waals surface area contributed by atoms with Crippen LogP contribution in [0.1, 0.15) is 26.0 Å². The smallest absolute Gasteiger partial charge is 0.221 e. The van der Waals surface area contributed by atoms with E-state index in [9.17, 15) is 4.79 Å². The van der Waals surface area contributed by atoms with Crippen LogP contribution in [-0.2, 0) is 11.2 Å². The third-order valence-electron chi connectivity index (χ3n) is 2.18. The minimum atomic E-state index is 0.0831. The maximum absolute atomic E-state index is 11.4. The first-order chi connectivity index (χ1) is 7.68. The Labute approximate surface area is 96.4 Å². The molecule has 0 aliphatic rings. The lowest BCUT2D eigenvalue weighted by molar-refractivity contribution is -0.120. The van der Waals surface area contributed by atoms with Gasteiger partial charge in [-0.05, 0) is 12.1 Å². The fraction of sp³-hybridized carbons (Fsp3) is 0.583. The molecule has 0 radical (unpaired) electrons. The van der Waals surface area contributed by atoms with E-state index in [0.29, 0.717) is 19.0 Å². The second-order valence-corrected chi connectivity index (χ2v) is 4.04. The number of hydrogen-bond acceptors (Lipinski definition) is 3. The van der Waals surface area contributed by atoms with E-state index >= 15 is 0 Å². The van der Waals surface area contributed by atoms with Crippen LogP contribution in [0.5, 0.6) is 0 Å². The van der Waals surface area contributed by atoms with Crippen LogP contribution in [0.4, 0.5) is 0 Å². The van der Waals surface area contributed by atoms with Crippen LogP contribution in [0.2, 0.25) is 0 Å². The molecule has 0 atom stereocenters. The number of carbonyl (C=O) groups is 1. The summed E-state index contributed by atoms with van der Waals surface area (Å²) < 4.78 is 5.16. The molecule has 1 aromatic rings. The van der Waals surface area contributed by atoms with Crippen LogP contribution in [0.15, 0.2) is 22.8 Å². The van der Waals surface area contributed by atoms with Gasteiger partial charge in [-0.15, -0.1) is 0 Å². The van der Waals surface area contributed by atoms with Gasteiger partial charge in [0.2, 0.25) is 5.91 Å². The highest BCUT2D eigenvalue weighted by molar-refractivity contribution is 5.76. The van der Waals surface area contributed by atoms with Gasteiger partial charge in [-0.1, -0.05) is 13.8 Å². The second-order valence-electron chi connectivity index (χ2n) is 4.04. The molecule has 1 amide bonds. The highest BCUT2D eigenvalue weighted by atomic mass is 16.3. The average molecular weight is 224 g/mol. The first-order valence-corrected chi connectivity index (χ1v) is 5.71. The molecule has 0 aromatic carbocycles. The third-order valence-corrected chi connectivity index (χ3v) is 2.18. The summed E-state index contributed by atoms with van der Waals surface area (Å²) in [5.41, 5.74) is 0. The van der Waals surface area contributed by atoms with Crippen molar-refractivity contribution in [1.29, 1.82) is 0 Å². The van der Waals surface area contributed by atoms with E-state index in [0.717, 1.165) is 18.7 Å². The Bertz CT molecular complexity index is 294. The molecular formula is C12H20N2O2. The van der Waals surface area contributed by atoms with Crippen LogP contribution in [0.25, 0.3) is 0 Å². The van der Waals surface area contributed by atoms with Gasteiger partial charge in [-0.3, -0.25) is 4.79 Å². The van der Waals surface area contributed by atoms with Gasteiger partial charge >= 0.3 is 0 Å². The zero-order valence-corrected chi connectivity index (χ0v) is 9.95. The summed E-state index contributed by atoms with van der Waals surface area (Å²) in [6.07, 6.45) is 2.91. The van der Waals surface area contributed by atoms with Gasteiger partial charge in [0.05, 0.1) is 6.26 Å². The summed E-state index contributed by atoms with van der Waals surface area (Å²) in [5, 5.41) is 6.06. The lowest BCUT2D eigenvalue weighted by Crippen LogP contribution is -2.31. The molecule has 1 heterocycles. The van der Waals surface area contributed by atoms with Gasteiger partial charge in [0.1, 0.15) is 5.76 Å². The van der Waals surface area contributed by atoms with Crippen LogP contribution in [0, 0.1) is 0 Å². The maximum atomic E-state index is 11.4. The van der Waals surface area contributed by atoms with Crippen molar-refractivity contribution in [3.05, 3.63) is 24.2 Å². The molecule has 0 bridgehead atoms. The molecule has 0 saturated carbocycles. The largest absolute Gasteiger partial charge is 0.469 e. The highest BCUT2D eigenvalue weighted by Gasteiger charge is 2.02. The Morgan fingerprint density at radius 3 is 2.88 bits per heavy atom. The monoisotopic (exact) mass is 224 g/mol. The van der Waals surface area contributed by atoms with E-state index < -0.39 is 0 Å². The quantitative estimate of drug-likeness (QED) is 0.734. The van der Waals surface area contributed by atoms with E-state index in [1.807, 2.05) is 12.1 Å². The lowest BCUT2D eigenvalue weighted by atomic mass is 10.3. The Morgan fingerprint density at radius 2 is 2.25 bits per heavy atom. The molecule has 4 nitrogen and oxygen atoms in total. The zero-order chi connectivity index (χ0) is 11.8. The average Bonchev–Trinajstić information content (AvgIpc) is 2.70. The zero-order valence-electron chi connectivity index (χ0n) is 9.95. The molecule has 0 saturated heterocycles. The van der Waals surface area contributed by atoms with E-state index in [-0.39, 0.29) is 5.91 Å². The van der Waals surface area contributed by atoms with Crippen molar-refractivity contribution in [2.24, 2.45) is 0 Å². The molecule has 2 N–H and O–H groups in total. The number of rotatable bonds is 7. The summed E-state index contributed by atoms with van der Waals surface area (Å²) in [6, 6.07) is 4.19. The summed E-state index contributed by atoms with van der Waals surface area (Å²) in [4.78, 5) is 11.4. The number of nitrogens with one attached hydrogen (secondary N) is 2. The predicted molar refractivity (Wildman–Crippen MR) is 63.2 cm³/mol. The van der Waals surface area contributed by atoms with Gasteiger partial charge in [0, 0.05) is 32.0 Å². The molecular weight excluding hydrogens is 204 g/mol. The van der Waals surface area contributed by atoms with Crippen LogP contribution >= 0.6 is 0 Å². The lowest BCUT2D eigenvalue weighted by Gasteiger charge is -2.07. The molecule has 1 rings (SSSR count). The molecule has 1 aromatic heterocycles. The summed E-state index contributed by atoms with van der Waals surface area (Å²) in [7, 11) is 0. The number of amides is 1. The second kappa shape index (κ2) is 7.06. The Kier molecular flexibility index (Phi) is 5.64. The molecule has 90 valence electrons. The Hall–Kier alpha value is -1.29. The van der Waals surface area contributed by atoms with Crippen molar-refractivity contribution in [1.82, 2.24) is 10.6 Å². The van der Waals surface area contributed by atoms with E-state index in [4.69, 9.17) is 4.42 Å². The number of furan rings is 1. The number of carbonyl (C=O) groups excluding carboxylic acids is 1. The first kappa shape index (κ1) is 12.8. The van der Waals surface area contributed by atoms with Gasteiger partial charge in [0.25, 0.3) is 0 Å². The molecule has 0 fully saturated rings. The molecule has 0 aliphatic carbocycles. The van der Waals surface area contributed by atoms with Crippen LogP contribution in [0.3, 0.4) is 0 Å². The topological polar surface area (TPSA) is 54.3 Å². The first-order valence-electron chi connectivity index (χ1n) is 5.71. The molecule has 16 heavy (non-hydrogen) atoms. The van der Waals surface area contributed by atoms with E-state index in [1.54, 1.807) is 6.26 Å². The molecule has 0 spiro atoms. The van der Waals surface area contributed by atoms with Gasteiger partial charge < -0.3 is 15.1 Å². The van der Waals surface area contributed by atoms with Gasteiger partial charge in [-0.25, -0.2) is 0 Å².